The Bertz CT molecular complexity index is 593. The molecule has 0 fully saturated rings. The molecule has 2 aromatic rings. The lowest BCUT2D eigenvalue weighted by atomic mass is 10.1. The quantitative estimate of drug-likeness (QED) is 0.570. The number of methoxy groups -OCH3 is 1. The predicted molar refractivity (Wildman–Crippen MR) is 85.7 cm³/mol. The minimum Gasteiger partial charge on any atom is -0.496 e. The second kappa shape index (κ2) is 7.74. The molecule has 3 nitrogen and oxygen atoms in total. The number of para-hydroxylation sites is 1. The molecule has 2 rings (SSSR count). The van der Waals surface area contributed by atoms with Crippen LogP contribution >= 0.6 is 11.8 Å². The van der Waals surface area contributed by atoms with Crippen LogP contribution < -0.4 is 9.47 Å². The number of rotatable bonds is 7. The topological polar surface area (TPSA) is 35.5 Å². The van der Waals surface area contributed by atoms with Crippen molar-refractivity contribution in [3.05, 3.63) is 54.1 Å². The van der Waals surface area contributed by atoms with Gasteiger partial charge in [-0.1, -0.05) is 12.1 Å². The Hall–Kier alpha value is -1.94. The Morgan fingerprint density at radius 1 is 1.10 bits per heavy atom. The average Bonchev–Trinajstić information content (AvgIpc) is 2.54. The molecule has 2 aromatic carbocycles. The molecule has 0 aliphatic heterocycles. The third-order valence-corrected chi connectivity index (χ3v) is 3.97. The van der Waals surface area contributed by atoms with Crippen molar-refractivity contribution in [1.82, 2.24) is 0 Å². The zero-order valence-electron chi connectivity index (χ0n) is 12.2. The molecule has 0 saturated heterocycles. The average molecular weight is 302 g/mol. The maximum Gasteiger partial charge on any atom is 0.173 e. The third kappa shape index (κ3) is 4.26. The van der Waals surface area contributed by atoms with Gasteiger partial charge in [-0.2, -0.15) is 0 Å². The molecule has 0 heterocycles. The number of benzene rings is 2. The first-order valence-corrected chi connectivity index (χ1v) is 7.75. The smallest absolute Gasteiger partial charge is 0.173 e. The summed E-state index contributed by atoms with van der Waals surface area (Å²) < 4.78 is 10.6. The minimum atomic E-state index is 0.0916. The van der Waals surface area contributed by atoms with Gasteiger partial charge in [0, 0.05) is 10.5 Å². The fourth-order valence-corrected chi connectivity index (χ4v) is 2.79. The number of ketones is 1. The van der Waals surface area contributed by atoms with Crippen molar-refractivity contribution >= 4 is 17.5 Å². The highest BCUT2D eigenvalue weighted by Crippen LogP contribution is 2.29. The standard InChI is InChI=1S/C17H18O3S/c1-3-20-14-10-8-13(9-11-14)15(18)12-21-17-7-5-4-6-16(17)19-2/h4-11H,3,12H2,1-2H3. The molecule has 0 saturated carbocycles. The highest BCUT2D eigenvalue weighted by Gasteiger charge is 2.09. The van der Waals surface area contributed by atoms with E-state index in [9.17, 15) is 4.79 Å². The van der Waals surface area contributed by atoms with Gasteiger partial charge in [-0.3, -0.25) is 4.79 Å². The summed E-state index contributed by atoms with van der Waals surface area (Å²) in [6, 6.07) is 14.9. The molecular weight excluding hydrogens is 284 g/mol. The van der Waals surface area contributed by atoms with Crippen LogP contribution in [-0.4, -0.2) is 25.3 Å². The van der Waals surface area contributed by atoms with Crippen molar-refractivity contribution in [2.45, 2.75) is 11.8 Å². The van der Waals surface area contributed by atoms with E-state index in [1.54, 1.807) is 19.2 Å². The summed E-state index contributed by atoms with van der Waals surface area (Å²) in [5.41, 5.74) is 0.695. The van der Waals surface area contributed by atoms with Crippen LogP contribution in [0.25, 0.3) is 0 Å². The van der Waals surface area contributed by atoms with Crippen LogP contribution in [0.15, 0.2) is 53.4 Å². The SMILES string of the molecule is CCOc1ccc(C(=O)CSc2ccccc2OC)cc1. The van der Waals surface area contributed by atoms with E-state index in [4.69, 9.17) is 9.47 Å². The molecule has 110 valence electrons. The summed E-state index contributed by atoms with van der Waals surface area (Å²) in [4.78, 5) is 13.2. The highest BCUT2D eigenvalue weighted by atomic mass is 32.2. The molecule has 0 N–H and O–H groups in total. The molecule has 0 spiro atoms. The van der Waals surface area contributed by atoms with Crippen LogP contribution in [0.5, 0.6) is 11.5 Å². The van der Waals surface area contributed by atoms with Crippen molar-refractivity contribution in [1.29, 1.82) is 0 Å². The van der Waals surface area contributed by atoms with E-state index in [2.05, 4.69) is 0 Å². The molecule has 0 aliphatic carbocycles. The molecule has 21 heavy (non-hydrogen) atoms. The van der Waals surface area contributed by atoms with Crippen molar-refractivity contribution in [3.8, 4) is 11.5 Å². The van der Waals surface area contributed by atoms with E-state index < -0.39 is 0 Å². The number of thioether (sulfide) groups is 1. The summed E-state index contributed by atoms with van der Waals surface area (Å²) >= 11 is 1.48. The van der Waals surface area contributed by atoms with E-state index in [1.165, 1.54) is 11.8 Å². The molecule has 0 atom stereocenters. The van der Waals surface area contributed by atoms with Gasteiger partial charge in [0.1, 0.15) is 11.5 Å². The van der Waals surface area contributed by atoms with Crippen LogP contribution in [0.4, 0.5) is 0 Å². The summed E-state index contributed by atoms with van der Waals surface area (Å²) in [5.74, 6) is 2.05. The fourth-order valence-electron chi connectivity index (χ4n) is 1.87. The summed E-state index contributed by atoms with van der Waals surface area (Å²) in [6.07, 6.45) is 0. The Morgan fingerprint density at radius 3 is 2.48 bits per heavy atom. The molecule has 0 aliphatic rings. The number of carbonyl (C=O) groups excluding carboxylic acids is 1. The lowest BCUT2D eigenvalue weighted by Gasteiger charge is -2.07. The van der Waals surface area contributed by atoms with Gasteiger partial charge in [0.25, 0.3) is 0 Å². The Morgan fingerprint density at radius 2 is 1.81 bits per heavy atom. The van der Waals surface area contributed by atoms with Crippen molar-refractivity contribution in [2.24, 2.45) is 0 Å². The number of ether oxygens (including phenoxy) is 2. The zero-order valence-corrected chi connectivity index (χ0v) is 13.0. The van der Waals surface area contributed by atoms with Crippen LogP contribution in [0, 0.1) is 0 Å². The van der Waals surface area contributed by atoms with Gasteiger partial charge < -0.3 is 9.47 Å². The van der Waals surface area contributed by atoms with Gasteiger partial charge in [-0.25, -0.2) is 0 Å². The van der Waals surface area contributed by atoms with Crippen molar-refractivity contribution < 1.29 is 14.3 Å². The van der Waals surface area contributed by atoms with E-state index in [0.29, 0.717) is 17.9 Å². The van der Waals surface area contributed by atoms with Gasteiger partial charge in [-0.05, 0) is 43.3 Å². The highest BCUT2D eigenvalue weighted by molar-refractivity contribution is 8.00. The molecular formula is C17H18O3S. The van der Waals surface area contributed by atoms with Crippen LogP contribution in [0.2, 0.25) is 0 Å². The summed E-state index contributed by atoms with van der Waals surface area (Å²) in [5, 5.41) is 0. The van der Waals surface area contributed by atoms with Crippen LogP contribution in [0.1, 0.15) is 17.3 Å². The molecule has 4 heteroatoms. The minimum absolute atomic E-state index is 0.0916. The number of hydrogen-bond acceptors (Lipinski definition) is 4. The number of Topliss-reactive ketones (excluding diaryl/α,β-unsaturated/α-hetero) is 1. The normalized spacial score (nSPS) is 10.2. The lowest BCUT2D eigenvalue weighted by molar-refractivity contribution is 0.102. The maximum absolute atomic E-state index is 12.2. The second-order valence-corrected chi connectivity index (χ2v) is 5.34. The van der Waals surface area contributed by atoms with E-state index >= 15 is 0 Å². The van der Waals surface area contributed by atoms with Gasteiger partial charge >= 0.3 is 0 Å². The van der Waals surface area contributed by atoms with E-state index in [-0.39, 0.29) is 5.78 Å². The molecule has 0 radical (unpaired) electrons. The van der Waals surface area contributed by atoms with E-state index in [0.717, 1.165) is 16.4 Å². The van der Waals surface area contributed by atoms with Crippen molar-refractivity contribution in [2.75, 3.05) is 19.5 Å². The molecule has 0 bridgehead atoms. The first-order chi connectivity index (χ1) is 10.2. The lowest BCUT2D eigenvalue weighted by Crippen LogP contribution is -2.02. The van der Waals surface area contributed by atoms with Crippen LogP contribution in [-0.2, 0) is 0 Å². The number of carbonyl (C=O) groups is 1. The molecule has 0 amide bonds. The largest absolute Gasteiger partial charge is 0.496 e. The monoisotopic (exact) mass is 302 g/mol. The Labute approximate surface area is 129 Å². The second-order valence-electron chi connectivity index (χ2n) is 4.32. The molecule has 0 aromatic heterocycles. The number of hydrogen-bond donors (Lipinski definition) is 0. The summed E-state index contributed by atoms with van der Waals surface area (Å²) in [7, 11) is 1.63. The van der Waals surface area contributed by atoms with Crippen LogP contribution in [0.3, 0.4) is 0 Å². The Kier molecular flexibility index (Phi) is 5.69. The van der Waals surface area contributed by atoms with Gasteiger partial charge in [0.15, 0.2) is 5.78 Å². The molecule has 0 unspecified atom stereocenters. The third-order valence-electron chi connectivity index (χ3n) is 2.92. The zero-order chi connectivity index (χ0) is 15.1. The predicted octanol–water partition coefficient (Wildman–Crippen LogP) is 4.07. The first-order valence-electron chi connectivity index (χ1n) is 6.76. The summed E-state index contributed by atoms with van der Waals surface area (Å²) in [6.45, 7) is 2.56. The van der Waals surface area contributed by atoms with Crippen molar-refractivity contribution in [3.63, 3.8) is 0 Å². The van der Waals surface area contributed by atoms with Gasteiger partial charge in [0.05, 0.1) is 19.5 Å². The maximum atomic E-state index is 12.2. The first kappa shape index (κ1) is 15.4. The van der Waals surface area contributed by atoms with Gasteiger partial charge in [-0.15, -0.1) is 11.8 Å². The Balaban J connectivity index is 1.98. The fraction of sp³-hybridized carbons (Fsp3) is 0.235. The van der Waals surface area contributed by atoms with Gasteiger partial charge in [0.2, 0.25) is 0 Å². The van der Waals surface area contributed by atoms with E-state index in [1.807, 2.05) is 43.3 Å².